The molecule has 2 atom stereocenters. The molecule has 0 aliphatic rings. The van der Waals surface area contributed by atoms with Crippen molar-refractivity contribution in [3.8, 4) is 0 Å². The molecule has 2 unspecified atom stereocenters. The molecule has 0 fully saturated rings. The number of aromatic nitrogens is 1. The third kappa shape index (κ3) is 2.94. The van der Waals surface area contributed by atoms with Gasteiger partial charge >= 0.3 is 0 Å². The second-order valence-corrected chi connectivity index (χ2v) is 3.78. The lowest BCUT2D eigenvalue weighted by molar-refractivity contribution is -0.606. The van der Waals surface area contributed by atoms with Gasteiger partial charge in [-0.25, -0.2) is 0 Å². The van der Waals surface area contributed by atoms with Crippen LogP contribution in [0.25, 0.3) is 0 Å². The highest BCUT2D eigenvalue weighted by Gasteiger charge is 2.19. The number of nitrogens with zero attached hydrogens (tertiary/aromatic N) is 1. The molecule has 0 saturated carbocycles. The van der Waals surface area contributed by atoms with E-state index in [1.165, 1.54) is 18.5 Å². The minimum absolute atomic E-state index is 0.427. The number of hydrogen-bond donors (Lipinski definition) is 2. The Hall–Kier alpha value is -0.650. The molecule has 0 radical (unpaired) electrons. The maximum absolute atomic E-state index is 10.9. The number of aliphatic hydroxyl groups is 2. The summed E-state index contributed by atoms with van der Waals surface area (Å²) >= 11 is 3.17. The molecule has 1 aromatic heterocycles. The number of pyridine rings is 1. The Bertz CT molecular complexity index is 295. The molecule has 0 amide bonds. The second kappa shape index (κ2) is 5.29. The van der Waals surface area contributed by atoms with Crippen molar-refractivity contribution in [1.29, 1.82) is 0 Å². The third-order valence-electron chi connectivity index (χ3n) is 1.91. The minimum atomic E-state index is -1.01. The Balaban J connectivity index is 2.73. The summed E-state index contributed by atoms with van der Waals surface area (Å²) in [6.45, 7) is 0. The summed E-state index contributed by atoms with van der Waals surface area (Å²) in [5.41, 5.74) is 0.427. The van der Waals surface area contributed by atoms with Gasteiger partial charge in [0.15, 0.2) is 12.4 Å². The Morgan fingerprint density at radius 1 is 1.50 bits per heavy atom. The maximum Gasteiger partial charge on any atom is 0.186 e. The van der Waals surface area contributed by atoms with E-state index in [2.05, 4.69) is 15.9 Å². The van der Waals surface area contributed by atoms with E-state index in [1.807, 2.05) is 0 Å². The average molecular weight is 262 g/mol. The van der Waals surface area contributed by atoms with Crippen LogP contribution in [0.15, 0.2) is 24.5 Å². The highest BCUT2D eigenvalue weighted by Crippen LogP contribution is 2.17. The Morgan fingerprint density at radius 3 is 2.79 bits per heavy atom. The third-order valence-corrected chi connectivity index (χ3v) is 2.37. The van der Waals surface area contributed by atoms with Gasteiger partial charge in [0.05, 0.1) is 6.10 Å². The summed E-state index contributed by atoms with van der Waals surface area (Å²) < 4.78 is 0.597. The quantitative estimate of drug-likeness (QED) is 0.471. The number of halogens is 1. The number of hydrogen-bond acceptors (Lipinski definition) is 3. The summed E-state index contributed by atoms with van der Waals surface area (Å²) in [5.74, 6) is 0. The molecule has 5 heteroatoms. The molecular formula is C9H12BrNO3. The maximum atomic E-state index is 10.9. The lowest BCUT2D eigenvalue weighted by atomic mass is 10.1. The first-order chi connectivity index (χ1) is 6.65. The number of rotatable bonds is 4. The Labute approximate surface area is 90.5 Å². The molecule has 0 bridgehead atoms. The van der Waals surface area contributed by atoms with Crippen LogP contribution in [0, 0.1) is 5.21 Å². The zero-order chi connectivity index (χ0) is 10.6. The zero-order valence-electron chi connectivity index (χ0n) is 7.51. The van der Waals surface area contributed by atoms with Crippen molar-refractivity contribution in [1.82, 2.24) is 0 Å². The molecule has 1 aromatic rings. The largest absolute Gasteiger partial charge is 0.619 e. The van der Waals surface area contributed by atoms with Crippen LogP contribution in [0.3, 0.4) is 0 Å². The average Bonchev–Trinajstić information content (AvgIpc) is 2.17. The SMILES string of the molecule is [O-][n+]1cccc(C(O)C(O)CCBr)c1. The first-order valence-corrected chi connectivity index (χ1v) is 5.38. The van der Waals surface area contributed by atoms with Crippen molar-refractivity contribution < 1.29 is 14.9 Å². The lowest BCUT2D eigenvalue weighted by Crippen LogP contribution is -2.27. The molecule has 0 aliphatic heterocycles. The van der Waals surface area contributed by atoms with E-state index in [1.54, 1.807) is 6.07 Å². The monoisotopic (exact) mass is 261 g/mol. The Kier molecular flexibility index (Phi) is 4.31. The summed E-state index contributed by atoms with van der Waals surface area (Å²) in [7, 11) is 0. The molecule has 1 rings (SSSR count). The van der Waals surface area contributed by atoms with Gasteiger partial charge in [-0.3, -0.25) is 0 Å². The van der Waals surface area contributed by atoms with Crippen LogP contribution >= 0.6 is 15.9 Å². The molecule has 78 valence electrons. The highest BCUT2D eigenvalue weighted by atomic mass is 79.9. The number of alkyl halides is 1. The van der Waals surface area contributed by atoms with Gasteiger partial charge in [0.25, 0.3) is 0 Å². The van der Waals surface area contributed by atoms with Crippen molar-refractivity contribution >= 4 is 15.9 Å². The van der Waals surface area contributed by atoms with Gasteiger partial charge in [-0.15, -0.1) is 0 Å². The van der Waals surface area contributed by atoms with E-state index in [0.29, 0.717) is 22.0 Å². The molecule has 0 aromatic carbocycles. The van der Waals surface area contributed by atoms with Crippen LogP contribution in [-0.2, 0) is 0 Å². The molecule has 14 heavy (non-hydrogen) atoms. The fraction of sp³-hybridized carbons (Fsp3) is 0.444. The lowest BCUT2D eigenvalue weighted by Gasteiger charge is -2.15. The molecule has 0 saturated heterocycles. The molecular weight excluding hydrogens is 250 g/mol. The molecule has 4 nitrogen and oxygen atoms in total. The molecule has 0 aliphatic carbocycles. The van der Waals surface area contributed by atoms with Gasteiger partial charge in [0.2, 0.25) is 0 Å². The van der Waals surface area contributed by atoms with Gasteiger partial charge < -0.3 is 15.4 Å². The van der Waals surface area contributed by atoms with Crippen LogP contribution in [0.4, 0.5) is 0 Å². The first-order valence-electron chi connectivity index (χ1n) is 4.26. The smallest absolute Gasteiger partial charge is 0.186 e. The van der Waals surface area contributed by atoms with E-state index in [9.17, 15) is 15.4 Å². The van der Waals surface area contributed by atoms with Gasteiger partial charge in [-0.2, -0.15) is 4.73 Å². The summed E-state index contributed by atoms with van der Waals surface area (Å²) in [4.78, 5) is 0. The standard InChI is InChI=1S/C9H12BrNO3/c10-4-3-8(12)9(13)7-2-1-5-11(14)6-7/h1-2,5-6,8-9,12-13H,3-4H2. The van der Waals surface area contributed by atoms with Crippen LogP contribution in [0.1, 0.15) is 18.1 Å². The second-order valence-electron chi connectivity index (χ2n) is 2.99. The predicted molar refractivity (Wildman–Crippen MR) is 54.8 cm³/mol. The van der Waals surface area contributed by atoms with Gasteiger partial charge in [0.1, 0.15) is 6.10 Å². The van der Waals surface area contributed by atoms with E-state index in [0.717, 1.165) is 0 Å². The van der Waals surface area contributed by atoms with Crippen molar-refractivity contribution in [3.05, 3.63) is 35.3 Å². The van der Waals surface area contributed by atoms with Crippen LogP contribution < -0.4 is 4.73 Å². The van der Waals surface area contributed by atoms with Crippen LogP contribution in [0.5, 0.6) is 0 Å². The van der Waals surface area contributed by atoms with Gasteiger partial charge in [-0.1, -0.05) is 15.9 Å². The fourth-order valence-electron chi connectivity index (χ4n) is 1.14. The normalized spacial score (nSPS) is 15.1. The van der Waals surface area contributed by atoms with Crippen LogP contribution in [-0.4, -0.2) is 21.6 Å². The van der Waals surface area contributed by atoms with E-state index >= 15 is 0 Å². The van der Waals surface area contributed by atoms with Crippen LogP contribution in [0.2, 0.25) is 0 Å². The van der Waals surface area contributed by atoms with E-state index < -0.39 is 12.2 Å². The molecule has 0 spiro atoms. The van der Waals surface area contributed by atoms with E-state index in [-0.39, 0.29) is 0 Å². The van der Waals surface area contributed by atoms with Gasteiger partial charge in [-0.05, 0) is 12.5 Å². The molecule has 1 heterocycles. The van der Waals surface area contributed by atoms with Crippen molar-refractivity contribution in [2.45, 2.75) is 18.6 Å². The predicted octanol–water partition coefficient (Wildman–Crippen LogP) is 0.499. The van der Waals surface area contributed by atoms with Gasteiger partial charge in [0, 0.05) is 17.0 Å². The number of aliphatic hydroxyl groups excluding tert-OH is 2. The fourth-order valence-corrected chi connectivity index (χ4v) is 1.61. The molecule has 2 N–H and O–H groups in total. The summed E-state index contributed by atoms with van der Waals surface area (Å²) in [5, 5.41) is 30.6. The van der Waals surface area contributed by atoms with Crippen molar-refractivity contribution in [2.75, 3.05) is 5.33 Å². The van der Waals surface area contributed by atoms with Crippen molar-refractivity contribution in [2.24, 2.45) is 0 Å². The summed E-state index contributed by atoms with van der Waals surface area (Å²) in [6.07, 6.45) is 1.16. The van der Waals surface area contributed by atoms with E-state index in [4.69, 9.17) is 0 Å². The summed E-state index contributed by atoms with van der Waals surface area (Å²) in [6, 6.07) is 3.14. The zero-order valence-corrected chi connectivity index (χ0v) is 9.09. The van der Waals surface area contributed by atoms with Crippen molar-refractivity contribution in [3.63, 3.8) is 0 Å². The topological polar surface area (TPSA) is 67.4 Å². The highest BCUT2D eigenvalue weighted by molar-refractivity contribution is 9.09. The Morgan fingerprint density at radius 2 is 2.21 bits per heavy atom. The first kappa shape index (κ1) is 11.4. The minimum Gasteiger partial charge on any atom is -0.619 e.